The van der Waals surface area contributed by atoms with Gasteiger partial charge in [-0.1, -0.05) is 18.2 Å². The van der Waals surface area contributed by atoms with Gasteiger partial charge in [0, 0.05) is 0 Å². The summed E-state index contributed by atoms with van der Waals surface area (Å²) >= 11 is 5.05. The molecule has 3 rings (SSSR count). The second kappa shape index (κ2) is 8.92. The topological polar surface area (TPSA) is 105 Å². The number of hydrogen-bond donors (Lipinski definition) is 2. The van der Waals surface area contributed by atoms with Crippen molar-refractivity contribution in [3.63, 3.8) is 0 Å². The number of halogens is 1. The molecule has 0 aliphatic carbocycles. The SMILES string of the molecule is COc1cc(/C=C2/C(=O)NC(=S)N(c3ccccc3F)C2=O)ccc1O[C@H](C)C(=O)O. The lowest BCUT2D eigenvalue weighted by molar-refractivity contribution is -0.144. The van der Waals surface area contributed by atoms with E-state index in [2.05, 4.69) is 5.32 Å². The Morgan fingerprint density at radius 1 is 1.23 bits per heavy atom. The van der Waals surface area contributed by atoms with E-state index in [-0.39, 0.29) is 27.9 Å². The number of ether oxygens (including phenoxy) is 2. The summed E-state index contributed by atoms with van der Waals surface area (Å²) in [5.74, 6) is -2.98. The van der Waals surface area contributed by atoms with Crippen molar-refractivity contribution in [2.75, 3.05) is 12.0 Å². The van der Waals surface area contributed by atoms with Crippen LogP contribution in [0.1, 0.15) is 12.5 Å². The summed E-state index contributed by atoms with van der Waals surface area (Å²) < 4.78 is 24.8. The minimum absolute atomic E-state index is 0.0904. The van der Waals surface area contributed by atoms with E-state index in [9.17, 15) is 18.8 Å². The van der Waals surface area contributed by atoms with Gasteiger partial charge in [0.25, 0.3) is 11.8 Å². The van der Waals surface area contributed by atoms with Crippen LogP contribution in [0.25, 0.3) is 6.08 Å². The van der Waals surface area contributed by atoms with Crippen LogP contribution in [-0.2, 0) is 14.4 Å². The normalized spacial score (nSPS) is 16.2. The molecule has 0 bridgehead atoms. The lowest BCUT2D eigenvalue weighted by Crippen LogP contribution is -2.54. The van der Waals surface area contributed by atoms with Gasteiger partial charge < -0.3 is 14.6 Å². The fourth-order valence-corrected chi connectivity index (χ4v) is 3.06. The Morgan fingerprint density at radius 2 is 1.94 bits per heavy atom. The average molecular weight is 444 g/mol. The van der Waals surface area contributed by atoms with Gasteiger partial charge in [0.15, 0.2) is 22.7 Å². The number of nitrogens with zero attached hydrogens (tertiary/aromatic N) is 1. The zero-order valence-electron chi connectivity index (χ0n) is 16.4. The number of carboxylic acids is 1. The molecule has 1 aliphatic rings. The fourth-order valence-electron chi connectivity index (χ4n) is 2.79. The first-order valence-corrected chi connectivity index (χ1v) is 9.37. The zero-order valence-corrected chi connectivity index (χ0v) is 17.2. The molecule has 2 amide bonds. The van der Waals surface area contributed by atoms with E-state index in [1.54, 1.807) is 0 Å². The van der Waals surface area contributed by atoms with E-state index in [1.165, 1.54) is 62.6 Å². The molecule has 31 heavy (non-hydrogen) atoms. The first-order chi connectivity index (χ1) is 14.7. The average Bonchev–Trinajstić information content (AvgIpc) is 2.73. The molecule has 0 spiro atoms. The molecular formula is C21H17FN2O6S. The molecule has 160 valence electrons. The molecule has 0 unspecified atom stereocenters. The number of para-hydroxylation sites is 1. The zero-order chi connectivity index (χ0) is 22.7. The number of methoxy groups -OCH3 is 1. The fraction of sp³-hybridized carbons (Fsp3) is 0.143. The van der Waals surface area contributed by atoms with E-state index >= 15 is 0 Å². The Hall–Kier alpha value is -3.79. The summed E-state index contributed by atoms with van der Waals surface area (Å²) in [5, 5.41) is 11.1. The second-order valence-corrected chi connectivity index (χ2v) is 6.80. The molecule has 0 radical (unpaired) electrons. The van der Waals surface area contributed by atoms with E-state index in [0.717, 1.165) is 4.90 Å². The monoisotopic (exact) mass is 444 g/mol. The molecule has 1 fully saturated rings. The summed E-state index contributed by atoms with van der Waals surface area (Å²) in [7, 11) is 1.36. The number of amides is 2. The number of benzene rings is 2. The summed E-state index contributed by atoms with van der Waals surface area (Å²) in [6, 6.07) is 9.98. The molecular weight excluding hydrogens is 427 g/mol. The van der Waals surface area contributed by atoms with Crippen LogP contribution in [0, 0.1) is 5.82 Å². The van der Waals surface area contributed by atoms with Gasteiger partial charge in [-0.2, -0.15) is 0 Å². The molecule has 2 aromatic carbocycles. The number of carbonyl (C=O) groups excluding carboxylic acids is 2. The number of aliphatic carboxylic acids is 1. The highest BCUT2D eigenvalue weighted by Crippen LogP contribution is 2.31. The smallest absolute Gasteiger partial charge is 0.344 e. The van der Waals surface area contributed by atoms with E-state index in [4.69, 9.17) is 26.8 Å². The van der Waals surface area contributed by atoms with Crippen LogP contribution in [0.5, 0.6) is 11.5 Å². The van der Waals surface area contributed by atoms with Crippen molar-refractivity contribution in [1.29, 1.82) is 0 Å². The number of carbonyl (C=O) groups is 3. The Labute approximate surface area is 181 Å². The van der Waals surface area contributed by atoms with Crippen LogP contribution in [0.3, 0.4) is 0 Å². The molecule has 0 aromatic heterocycles. The summed E-state index contributed by atoms with van der Waals surface area (Å²) in [4.78, 5) is 37.3. The quantitative estimate of drug-likeness (QED) is 0.401. The lowest BCUT2D eigenvalue weighted by atomic mass is 10.1. The maximum atomic E-state index is 14.2. The van der Waals surface area contributed by atoms with Crippen molar-refractivity contribution in [2.45, 2.75) is 13.0 Å². The standard InChI is InChI=1S/C21H17FN2O6S/c1-11(20(27)28)30-16-8-7-12(10-17(16)29-2)9-13-18(25)23-21(31)24(19(13)26)15-6-4-3-5-14(15)22/h3-11H,1-2H3,(H,27,28)(H,23,25,31)/b13-9-/t11-/m1/s1. The largest absolute Gasteiger partial charge is 0.493 e. The lowest BCUT2D eigenvalue weighted by Gasteiger charge is -2.29. The molecule has 10 heteroatoms. The van der Waals surface area contributed by atoms with Crippen molar-refractivity contribution in [1.82, 2.24) is 5.32 Å². The van der Waals surface area contributed by atoms with Crippen LogP contribution < -0.4 is 19.7 Å². The van der Waals surface area contributed by atoms with E-state index in [0.29, 0.717) is 5.56 Å². The molecule has 1 atom stereocenters. The highest BCUT2D eigenvalue weighted by Gasteiger charge is 2.35. The molecule has 1 heterocycles. The Morgan fingerprint density at radius 3 is 2.58 bits per heavy atom. The number of anilines is 1. The minimum Gasteiger partial charge on any atom is -0.493 e. The summed E-state index contributed by atoms with van der Waals surface area (Å²) in [6.07, 6.45) is 0.180. The van der Waals surface area contributed by atoms with Crippen LogP contribution in [0.2, 0.25) is 0 Å². The first-order valence-electron chi connectivity index (χ1n) is 8.96. The van der Waals surface area contributed by atoms with Crippen LogP contribution >= 0.6 is 12.2 Å². The highest BCUT2D eigenvalue weighted by atomic mass is 32.1. The number of rotatable bonds is 6. The predicted molar refractivity (Wildman–Crippen MR) is 113 cm³/mol. The molecule has 1 saturated heterocycles. The van der Waals surface area contributed by atoms with Gasteiger partial charge in [-0.3, -0.25) is 14.9 Å². The van der Waals surface area contributed by atoms with Gasteiger partial charge in [-0.15, -0.1) is 0 Å². The summed E-state index contributed by atoms with van der Waals surface area (Å²) in [5.41, 5.74) is 0.0332. The van der Waals surface area contributed by atoms with E-state index < -0.39 is 29.7 Å². The van der Waals surface area contributed by atoms with Crippen LogP contribution in [-0.4, -0.2) is 41.2 Å². The Kier molecular flexibility index (Phi) is 6.30. The van der Waals surface area contributed by atoms with Crippen molar-refractivity contribution in [2.24, 2.45) is 0 Å². The number of carboxylic acid groups (broad SMARTS) is 1. The van der Waals surface area contributed by atoms with Crippen LogP contribution in [0.15, 0.2) is 48.0 Å². The van der Waals surface area contributed by atoms with Crippen molar-refractivity contribution in [3.05, 3.63) is 59.4 Å². The van der Waals surface area contributed by atoms with Crippen molar-refractivity contribution in [3.8, 4) is 11.5 Å². The maximum absolute atomic E-state index is 14.2. The Balaban J connectivity index is 1.97. The van der Waals surface area contributed by atoms with E-state index in [1.807, 2.05) is 0 Å². The summed E-state index contributed by atoms with van der Waals surface area (Å²) in [6.45, 7) is 1.36. The first kappa shape index (κ1) is 21.9. The van der Waals surface area contributed by atoms with Gasteiger partial charge in [0.1, 0.15) is 11.4 Å². The predicted octanol–water partition coefficient (Wildman–Crippen LogP) is 2.52. The van der Waals surface area contributed by atoms with Gasteiger partial charge in [0.05, 0.1) is 12.8 Å². The van der Waals surface area contributed by atoms with Gasteiger partial charge in [-0.25, -0.2) is 14.1 Å². The highest BCUT2D eigenvalue weighted by molar-refractivity contribution is 7.80. The Bertz CT molecular complexity index is 1120. The van der Waals surface area contributed by atoms with Crippen molar-refractivity contribution >= 4 is 46.9 Å². The molecule has 2 aromatic rings. The number of hydrogen-bond acceptors (Lipinski definition) is 6. The van der Waals surface area contributed by atoms with Crippen LogP contribution in [0.4, 0.5) is 10.1 Å². The van der Waals surface area contributed by atoms with Gasteiger partial charge in [0.2, 0.25) is 0 Å². The number of nitrogens with one attached hydrogen (secondary N) is 1. The third-order valence-corrected chi connectivity index (χ3v) is 4.63. The van der Waals surface area contributed by atoms with Crippen molar-refractivity contribution < 1.29 is 33.4 Å². The molecule has 1 aliphatic heterocycles. The maximum Gasteiger partial charge on any atom is 0.344 e. The molecule has 8 nitrogen and oxygen atoms in total. The van der Waals surface area contributed by atoms with Gasteiger partial charge in [-0.05, 0) is 55.0 Å². The second-order valence-electron chi connectivity index (χ2n) is 6.42. The molecule has 2 N–H and O–H groups in total. The number of thiocarbonyl (C=S) groups is 1. The molecule has 0 saturated carbocycles. The minimum atomic E-state index is -1.15. The third kappa shape index (κ3) is 4.53. The third-order valence-electron chi connectivity index (χ3n) is 4.35. The van der Waals surface area contributed by atoms with Gasteiger partial charge >= 0.3 is 5.97 Å².